The van der Waals surface area contributed by atoms with Crippen LogP contribution in [-0.2, 0) is 0 Å². The number of amides is 2. The van der Waals surface area contributed by atoms with Crippen molar-refractivity contribution in [3.63, 3.8) is 0 Å². The third-order valence-electron chi connectivity index (χ3n) is 3.99. The van der Waals surface area contributed by atoms with Crippen LogP contribution in [0.3, 0.4) is 0 Å². The second-order valence-corrected chi connectivity index (χ2v) is 8.63. The minimum atomic E-state index is -0.472. The van der Waals surface area contributed by atoms with Gasteiger partial charge >= 0.3 is 0 Å². The number of rotatable bonds is 3. The first-order valence-electron chi connectivity index (χ1n) is 8.24. The van der Waals surface area contributed by atoms with E-state index in [-0.39, 0.29) is 5.11 Å². The number of hydrogen-bond acceptors (Lipinski definition) is 5. The lowest BCUT2D eigenvalue weighted by molar-refractivity contribution is 0.0935. The Balaban J connectivity index is 1.64. The van der Waals surface area contributed by atoms with Crippen molar-refractivity contribution < 1.29 is 14.3 Å². The highest BCUT2D eigenvalue weighted by Crippen LogP contribution is 2.37. The van der Waals surface area contributed by atoms with Crippen molar-refractivity contribution in [3.8, 4) is 5.75 Å². The van der Waals surface area contributed by atoms with E-state index in [1.165, 1.54) is 11.3 Å². The van der Waals surface area contributed by atoms with Crippen LogP contribution in [0.5, 0.6) is 5.75 Å². The molecule has 2 amide bonds. The Kier molecular flexibility index (Phi) is 6.74. The fourth-order valence-corrected chi connectivity index (χ4v) is 4.39. The first-order chi connectivity index (χ1) is 13.8. The van der Waals surface area contributed by atoms with Crippen molar-refractivity contribution in [2.45, 2.75) is 6.92 Å². The number of halogens is 2. The van der Waals surface area contributed by atoms with E-state index >= 15 is 0 Å². The fraction of sp³-hybridized carbons (Fsp3) is 0.105. The lowest BCUT2D eigenvalue weighted by atomic mass is 10.1. The highest BCUT2D eigenvalue weighted by Gasteiger charge is 2.19. The Morgan fingerprint density at radius 2 is 1.90 bits per heavy atom. The number of hydrogen-bond donors (Lipinski definition) is 3. The summed E-state index contributed by atoms with van der Waals surface area (Å²) in [6.07, 6.45) is 0. The summed E-state index contributed by atoms with van der Waals surface area (Å²) < 4.78 is 6.82. The number of thiocarbonyl (C=S) groups is 1. The highest BCUT2D eigenvalue weighted by molar-refractivity contribution is 9.10. The van der Waals surface area contributed by atoms with E-state index in [9.17, 15) is 9.59 Å². The predicted molar refractivity (Wildman–Crippen MR) is 123 cm³/mol. The number of methoxy groups -OCH3 is 1. The third kappa shape index (κ3) is 4.87. The van der Waals surface area contributed by atoms with Gasteiger partial charge in [-0.3, -0.25) is 25.8 Å². The molecule has 1 aromatic heterocycles. The average molecular weight is 513 g/mol. The minimum Gasteiger partial charge on any atom is -0.497 e. The molecule has 0 spiro atoms. The van der Waals surface area contributed by atoms with Crippen LogP contribution in [0.4, 0.5) is 0 Å². The number of ether oxygens (including phenoxy) is 1. The van der Waals surface area contributed by atoms with Gasteiger partial charge in [0, 0.05) is 20.1 Å². The van der Waals surface area contributed by atoms with Crippen molar-refractivity contribution >= 4 is 78.1 Å². The molecule has 3 aromatic rings. The first-order valence-corrected chi connectivity index (χ1v) is 10.6. The van der Waals surface area contributed by atoms with Crippen molar-refractivity contribution in [3.05, 3.63) is 61.9 Å². The van der Waals surface area contributed by atoms with Gasteiger partial charge in [0.2, 0.25) is 0 Å². The molecule has 3 rings (SSSR count). The summed E-state index contributed by atoms with van der Waals surface area (Å²) in [5.41, 5.74) is 6.41. The number of benzene rings is 2. The Hall–Kier alpha value is -2.20. The summed E-state index contributed by atoms with van der Waals surface area (Å²) in [7, 11) is 1.57. The van der Waals surface area contributed by atoms with Gasteiger partial charge in [0.1, 0.15) is 10.6 Å². The fourth-order valence-electron chi connectivity index (χ4n) is 2.43. The van der Waals surface area contributed by atoms with Crippen LogP contribution in [0.2, 0.25) is 5.02 Å². The molecule has 0 bridgehead atoms. The SMILES string of the molecule is COc1ccc2c(Cl)c(C(=O)NC(=S)NNC(=O)c3ccc(C)c(Br)c3)sc2c1. The van der Waals surface area contributed by atoms with Crippen LogP contribution in [0.25, 0.3) is 10.1 Å². The van der Waals surface area contributed by atoms with Crippen molar-refractivity contribution in [2.24, 2.45) is 0 Å². The highest BCUT2D eigenvalue weighted by atomic mass is 79.9. The maximum Gasteiger partial charge on any atom is 0.269 e. The topological polar surface area (TPSA) is 79.5 Å². The second kappa shape index (κ2) is 9.08. The lowest BCUT2D eigenvalue weighted by Crippen LogP contribution is -2.48. The number of thiophene rings is 1. The zero-order chi connectivity index (χ0) is 21.1. The van der Waals surface area contributed by atoms with E-state index < -0.39 is 11.8 Å². The van der Waals surface area contributed by atoms with Gasteiger partial charge in [0.25, 0.3) is 11.8 Å². The van der Waals surface area contributed by atoms with E-state index in [1.807, 2.05) is 13.0 Å². The molecular weight excluding hydrogens is 498 g/mol. The molecule has 10 heteroatoms. The summed E-state index contributed by atoms with van der Waals surface area (Å²) in [6, 6.07) is 10.6. The zero-order valence-electron chi connectivity index (χ0n) is 15.3. The Labute approximate surface area is 189 Å². The Morgan fingerprint density at radius 3 is 2.59 bits per heavy atom. The summed E-state index contributed by atoms with van der Waals surface area (Å²) in [6.45, 7) is 1.92. The number of hydrazine groups is 1. The van der Waals surface area contributed by atoms with Crippen LogP contribution in [-0.4, -0.2) is 24.0 Å². The molecular formula is C19H15BrClN3O3S2. The molecule has 150 valence electrons. The summed E-state index contributed by atoms with van der Waals surface area (Å²) in [5.74, 6) is -0.195. The summed E-state index contributed by atoms with van der Waals surface area (Å²) in [4.78, 5) is 25.0. The van der Waals surface area contributed by atoms with Gasteiger partial charge in [-0.2, -0.15) is 0 Å². The van der Waals surface area contributed by atoms with Gasteiger partial charge in [-0.05, 0) is 55.0 Å². The maximum atomic E-state index is 12.5. The number of carbonyl (C=O) groups is 2. The number of carbonyl (C=O) groups excluding carboxylic acids is 2. The van der Waals surface area contributed by atoms with Crippen molar-refractivity contribution in [1.82, 2.24) is 16.2 Å². The Morgan fingerprint density at radius 1 is 1.14 bits per heavy atom. The summed E-state index contributed by atoms with van der Waals surface area (Å²) in [5, 5.41) is 3.54. The van der Waals surface area contributed by atoms with Crippen LogP contribution >= 0.6 is 51.1 Å². The molecule has 0 saturated heterocycles. The molecule has 0 unspecified atom stereocenters. The number of nitrogens with one attached hydrogen (secondary N) is 3. The second-order valence-electron chi connectivity index (χ2n) is 5.93. The molecule has 1 heterocycles. The molecule has 6 nitrogen and oxygen atoms in total. The van der Waals surface area contributed by atoms with E-state index in [2.05, 4.69) is 32.1 Å². The van der Waals surface area contributed by atoms with E-state index in [0.717, 1.165) is 20.1 Å². The largest absolute Gasteiger partial charge is 0.497 e. The molecule has 2 aromatic carbocycles. The van der Waals surface area contributed by atoms with Gasteiger partial charge in [0.15, 0.2) is 5.11 Å². The lowest BCUT2D eigenvalue weighted by Gasteiger charge is -2.11. The van der Waals surface area contributed by atoms with Crippen molar-refractivity contribution in [1.29, 1.82) is 0 Å². The van der Waals surface area contributed by atoms with Gasteiger partial charge in [-0.1, -0.05) is 33.6 Å². The van der Waals surface area contributed by atoms with Gasteiger partial charge < -0.3 is 4.74 Å². The van der Waals surface area contributed by atoms with Crippen LogP contribution < -0.4 is 20.9 Å². The third-order valence-corrected chi connectivity index (χ3v) is 6.71. The summed E-state index contributed by atoms with van der Waals surface area (Å²) >= 11 is 16.0. The van der Waals surface area contributed by atoms with Crippen LogP contribution in [0.15, 0.2) is 40.9 Å². The number of fused-ring (bicyclic) bond motifs is 1. The van der Waals surface area contributed by atoms with Gasteiger partial charge in [-0.15, -0.1) is 11.3 Å². The van der Waals surface area contributed by atoms with E-state index in [4.69, 9.17) is 28.6 Å². The molecule has 0 radical (unpaired) electrons. The predicted octanol–water partition coefficient (Wildman–Crippen LogP) is 4.58. The van der Waals surface area contributed by atoms with Crippen molar-refractivity contribution in [2.75, 3.05) is 7.11 Å². The van der Waals surface area contributed by atoms with Gasteiger partial charge in [-0.25, -0.2) is 0 Å². The van der Waals surface area contributed by atoms with Crippen LogP contribution in [0.1, 0.15) is 25.6 Å². The zero-order valence-corrected chi connectivity index (χ0v) is 19.2. The standard InChI is InChI=1S/C19H15BrClN3O3S2/c1-9-3-4-10(7-13(9)20)17(25)23-24-19(28)22-18(26)16-15(21)12-6-5-11(27-2)8-14(12)29-16/h3-8H,1-2H3,(H,23,25)(H2,22,24,26,28). The molecule has 0 saturated carbocycles. The first kappa shape index (κ1) is 21.5. The smallest absolute Gasteiger partial charge is 0.269 e. The van der Waals surface area contributed by atoms with E-state index in [1.54, 1.807) is 37.4 Å². The molecule has 29 heavy (non-hydrogen) atoms. The molecule has 0 aliphatic carbocycles. The molecule has 0 atom stereocenters. The van der Waals surface area contributed by atoms with Gasteiger partial charge in [0.05, 0.1) is 12.1 Å². The van der Waals surface area contributed by atoms with E-state index in [0.29, 0.717) is 21.2 Å². The quantitative estimate of drug-likeness (QED) is 0.354. The van der Waals surface area contributed by atoms with Crippen LogP contribution in [0, 0.1) is 6.92 Å². The average Bonchev–Trinajstić information content (AvgIpc) is 3.04. The monoisotopic (exact) mass is 511 g/mol. The molecule has 0 fully saturated rings. The normalized spacial score (nSPS) is 10.5. The molecule has 0 aliphatic rings. The Bertz CT molecular complexity index is 1130. The number of aryl methyl sites for hydroxylation is 1. The molecule has 3 N–H and O–H groups in total. The minimum absolute atomic E-state index is 0.0550. The maximum absolute atomic E-state index is 12.5. The molecule has 0 aliphatic heterocycles.